The van der Waals surface area contributed by atoms with E-state index in [0.717, 1.165) is 16.5 Å². The zero-order valence-electron chi connectivity index (χ0n) is 12.2. The average molecular weight is 312 g/mol. The van der Waals surface area contributed by atoms with Crippen LogP contribution in [-0.2, 0) is 20.9 Å². The molecule has 0 bridgehead atoms. The Kier molecular flexibility index (Phi) is 7.66. The van der Waals surface area contributed by atoms with Crippen molar-refractivity contribution in [3.05, 3.63) is 28.0 Å². The number of ether oxygens (including phenoxy) is 1. The molecule has 0 saturated heterocycles. The van der Waals surface area contributed by atoms with E-state index in [9.17, 15) is 9.59 Å². The molecule has 116 valence electrons. The van der Waals surface area contributed by atoms with Crippen LogP contribution in [0, 0.1) is 0 Å². The number of carbonyl (C=O) groups excluding carboxylic acids is 1. The number of nitrogens with zero attached hydrogens (tertiary/aromatic N) is 1. The standard InChI is InChI=1S/C14H20N2O4S/c1-16(9-13(17)15-5-6-20-2)8-12-7-11(10-21-12)3-4-14(18)19/h3-4,7,10H,5-6,8-9H2,1-2H3,(H,15,17)(H,18,19). The number of likely N-dealkylation sites (N-methyl/N-ethyl adjacent to an activating group) is 1. The van der Waals surface area contributed by atoms with Crippen LogP contribution in [0.4, 0.5) is 0 Å². The summed E-state index contributed by atoms with van der Waals surface area (Å²) >= 11 is 1.54. The number of aliphatic carboxylic acids is 1. The summed E-state index contributed by atoms with van der Waals surface area (Å²) < 4.78 is 4.86. The van der Waals surface area contributed by atoms with Crippen LogP contribution in [0.3, 0.4) is 0 Å². The highest BCUT2D eigenvalue weighted by Crippen LogP contribution is 2.17. The predicted octanol–water partition coefficient (Wildman–Crippen LogP) is 1.04. The van der Waals surface area contributed by atoms with Gasteiger partial charge >= 0.3 is 5.97 Å². The van der Waals surface area contributed by atoms with Crippen LogP contribution >= 0.6 is 11.3 Å². The lowest BCUT2D eigenvalue weighted by Crippen LogP contribution is -2.36. The van der Waals surface area contributed by atoms with Crippen molar-refractivity contribution in [2.75, 3.05) is 33.9 Å². The topological polar surface area (TPSA) is 78.9 Å². The maximum atomic E-state index is 11.6. The van der Waals surface area contributed by atoms with Gasteiger partial charge in [-0.05, 0) is 30.1 Å². The summed E-state index contributed by atoms with van der Waals surface area (Å²) in [4.78, 5) is 25.0. The highest BCUT2D eigenvalue weighted by molar-refractivity contribution is 7.10. The highest BCUT2D eigenvalue weighted by Gasteiger charge is 2.08. The van der Waals surface area contributed by atoms with Crippen molar-refractivity contribution in [2.24, 2.45) is 0 Å². The second-order valence-electron chi connectivity index (χ2n) is 4.53. The highest BCUT2D eigenvalue weighted by atomic mass is 32.1. The molecule has 0 aromatic carbocycles. The summed E-state index contributed by atoms with van der Waals surface area (Å²) in [5.74, 6) is -1.01. The van der Waals surface area contributed by atoms with Crippen LogP contribution in [0.15, 0.2) is 17.5 Å². The summed E-state index contributed by atoms with van der Waals surface area (Å²) in [6.45, 7) is 1.96. The van der Waals surface area contributed by atoms with E-state index in [4.69, 9.17) is 9.84 Å². The minimum absolute atomic E-state index is 0.0443. The molecule has 2 N–H and O–H groups in total. The molecule has 1 amide bonds. The van der Waals surface area contributed by atoms with Gasteiger partial charge in [0, 0.05) is 31.2 Å². The van der Waals surface area contributed by atoms with Crippen LogP contribution < -0.4 is 5.32 Å². The molecule has 0 aliphatic heterocycles. The number of methoxy groups -OCH3 is 1. The van der Waals surface area contributed by atoms with Gasteiger partial charge in [0.25, 0.3) is 0 Å². The van der Waals surface area contributed by atoms with E-state index in [2.05, 4.69) is 5.32 Å². The number of rotatable bonds is 9. The van der Waals surface area contributed by atoms with Gasteiger partial charge in [0.05, 0.1) is 13.2 Å². The SMILES string of the molecule is COCCNC(=O)CN(C)Cc1cc(C=CC(=O)O)cs1. The lowest BCUT2D eigenvalue weighted by atomic mass is 10.3. The van der Waals surface area contributed by atoms with Crippen LogP contribution in [0.1, 0.15) is 10.4 Å². The molecule has 0 unspecified atom stereocenters. The second-order valence-corrected chi connectivity index (χ2v) is 5.53. The lowest BCUT2D eigenvalue weighted by molar-refractivity contribution is -0.131. The third-order valence-electron chi connectivity index (χ3n) is 2.56. The Morgan fingerprint density at radius 2 is 2.29 bits per heavy atom. The molecule has 6 nitrogen and oxygen atoms in total. The molecule has 0 fully saturated rings. The van der Waals surface area contributed by atoms with Crippen molar-refractivity contribution in [3.8, 4) is 0 Å². The van der Waals surface area contributed by atoms with E-state index in [1.165, 1.54) is 0 Å². The molecule has 0 saturated carbocycles. The fourth-order valence-electron chi connectivity index (χ4n) is 1.65. The number of nitrogens with one attached hydrogen (secondary N) is 1. The van der Waals surface area contributed by atoms with Crippen LogP contribution in [0.25, 0.3) is 6.08 Å². The molecule has 1 rings (SSSR count). The van der Waals surface area contributed by atoms with Crippen LogP contribution in [0.2, 0.25) is 0 Å². The molecule has 1 aromatic rings. The lowest BCUT2D eigenvalue weighted by Gasteiger charge is -2.15. The fraction of sp³-hybridized carbons (Fsp3) is 0.429. The van der Waals surface area contributed by atoms with Crippen molar-refractivity contribution >= 4 is 29.3 Å². The molecule has 0 spiro atoms. The van der Waals surface area contributed by atoms with Crippen molar-refractivity contribution in [3.63, 3.8) is 0 Å². The van der Waals surface area contributed by atoms with Crippen LogP contribution in [-0.4, -0.2) is 55.7 Å². The Labute approximate surface area is 128 Å². The van der Waals surface area contributed by atoms with Gasteiger partial charge in [-0.25, -0.2) is 4.79 Å². The zero-order valence-corrected chi connectivity index (χ0v) is 13.0. The number of hydrogen-bond donors (Lipinski definition) is 2. The second kappa shape index (κ2) is 9.28. The number of carboxylic acid groups (broad SMARTS) is 1. The maximum Gasteiger partial charge on any atom is 0.328 e. The first-order chi connectivity index (χ1) is 10.0. The van der Waals surface area contributed by atoms with Crippen molar-refractivity contribution in [1.29, 1.82) is 0 Å². The fourth-order valence-corrected chi connectivity index (χ4v) is 2.58. The summed E-state index contributed by atoms with van der Waals surface area (Å²) in [6.07, 6.45) is 2.67. The predicted molar refractivity (Wildman–Crippen MR) is 82.2 cm³/mol. The van der Waals surface area contributed by atoms with E-state index in [-0.39, 0.29) is 5.91 Å². The van der Waals surface area contributed by atoms with Gasteiger partial charge in [0.2, 0.25) is 5.91 Å². The molecule has 0 aliphatic rings. The number of carbonyl (C=O) groups is 2. The largest absolute Gasteiger partial charge is 0.478 e. The van der Waals surface area contributed by atoms with Crippen molar-refractivity contribution in [2.45, 2.75) is 6.54 Å². The normalized spacial score (nSPS) is 11.2. The molecular formula is C14H20N2O4S. The molecule has 1 heterocycles. The third kappa shape index (κ3) is 7.60. The minimum Gasteiger partial charge on any atom is -0.478 e. The molecular weight excluding hydrogens is 292 g/mol. The smallest absolute Gasteiger partial charge is 0.328 e. The van der Waals surface area contributed by atoms with E-state index in [1.54, 1.807) is 24.5 Å². The monoisotopic (exact) mass is 312 g/mol. The first-order valence-corrected chi connectivity index (χ1v) is 7.32. The summed E-state index contributed by atoms with van der Waals surface area (Å²) in [5.41, 5.74) is 0.857. The number of carboxylic acids is 1. The zero-order chi connectivity index (χ0) is 15.7. The quantitative estimate of drug-likeness (QED) is 0.526. The maximum absolute atomic E-state index is 11.6. The van der Waals surface area contributed by atoms with Crippen LogP contribution in [0.5, 0.6) is 0 Å². The summed E-state index contributed by atoms with van der Waals surface area (Å²) in [5, 5.41) is 13.2. The van der Waals surface area contributed by atoms with Crippen molar-refractivity contribution < 1.29 is 19.4 Å². The Balaban J connectivity index is 2.39. The van der Waals surface area contributed by atoms with E-state index in [0.29, 0.717) is 26.2 Å². The summed E-state index contributed by atoms with van der Waals surface area (Å²) in [7, 11) is 3.45. The van der Waals surface area contributed by atoms with Crippen molar-refractivity contribution in [1.82, 2.24) is 10.2 Å². The van der Waals surface area contributed by atoms with E-state index in [1.807, 2.05) is 23.4 Å². The number of amides is 1. The average Bonchev–Trinajstić information content (AvgIpc) is 2.84. The van der Waals surface area contributed by atoms with Gasteiger partial charge in [0.15, 0.2) is 0 Å². The Morgan fingerprint density at radius 1 is 1.52 bits per heavy atom. The molecule has 21 heavy (non-hydrogen) atoms. The number of hydrogen-bond acceptors (Lipinski definition) is 5. The Bertz CT molecular complexity index is 499. The van der Waals surface area contributed by atoms with Gasteiger partial charge < -0.3 is 15.2 Å². The van der Waals surface area contributed by atoms with Gasteiger partial charge in [-0.3, -0.25) is 9.69 Å². The van der Waals surface area contributed by atoms with E-state index < -0.39 is 5.97 Å². The van der Waals surface area contributed by atoms with Gasteiger partial charge in [-0.2, -0.15) is 0 Å². The minimum atomic E-state index is -0.965. The molecule has 0 aliphatic carbocycles. The van der Waals surface area contributed by atoms with Gasteiger partial charge in [0.1, 0.15) is 0 Å². The molecule has 0 atom stereocenters. The first-order valence-electron chi connectivity index (χ1n) is 6.44. The van der Waals surface area contributed by atoms with Gasteiger partial charge in [-0.15, -0.1) is 11.3 Å². The first kappa shape index (κ1) is 17.4. The molecule has 1 aromatic heterocycles. The Morgan fingerprint density at radius 3 is 2.95 bits per heavy atom. The van der Waals surface area contributed by atoms with E-state index >= 15 is 0 Å². The Hall–Kier alpha value is -1.70. The third-order valence-corrected chi connectivity index (χ3v) is 3.50. The van der Waals surface area contributed by atoms with Gasteiger partial charge in [-0.1, -0.05) is 0 Å². The number of thiophene rings is 1. The molecule has 0 radical (unpaired) electrons. The molecule has 7 heteroatoms. The summed E-state index contributed by atoms with van der Waals surface area (Å²) in [6, 6.07) is 1.92.